The maximum absolute atomic E-state index is 9.41. The molecule has 3 saturated carbocycles. The Morgan fingerprint density at radius 3 is 2.25 bits per heavy atom. The Hall–Kier alpha value is -1.58. The summed E-state index contributed by atoms with van der Waals surface area (Å²) in [6.45, 7) is 0. The zero-order chi connectivity index (χ0) is 21.2. The molecule has 0 saturated heterocycles. The Morgan fingerprint density at radius 1 is 0.844 bits per heavy atom. The van der Waals surface area contributed by atoms with Gasteiger partial charge in [-0.15, -0.1) is 35.9 Å². The van der Waals surface area contributed by atoms with E-state index in [1.165, 1.54) is 42.0 Å². The van der Waals surface area contributed by atoms with Gasteiger partial charge in [-0.05, 0) is 67.0 Å². The van der Waals surface area contributed by atoms with Gasteiger partial charge in [0, 0.05) is 37.6 Å². The molecule has 3 aliphatic rings. The van der Waals surface area contributed by atoms with E-state index in [9.17, 15) is 10.2 Å². The molecule has 32 heavy (non-hydrogen) atoms. The van der Waals surface area contributed by atoms with Crippen LogP contribution in [0.4, 0.5) is 0 Å². The summed E-state index contributed by atoms with van der Waals surface area (Å²) in [4.78, 5) is 4.68. The van der Waals surface area contributed by atoms with Crippen LogP contribution < -0.4 is 0 Å². The van der Waals surface area contributed by atoms with Gasteiger partial charge in [-0.25, -0.2) is 0 Å². The van der Waals surface area contributed by atoms with Crippen LogP contribution in [0.5, 0.6) is 0 Å². The van der Waals surface area contributed by atoms with Crippen LogP contribution in [0, 0.1) is 17.9 Å². The fourth-order valence-electron chi connectivity index (χ4n) is 6.06. The molecule has 3 nitrogen and oxygen atoms in total. The molecule has 3 aliphatic carbocycles. The molecule has 2 aromatic carbocycles. The van der Waals surface area contributed by atoms with E-state index in [4.69, 9.17) is 0 Å². The molecular formula is C28H32IrNO2-. The summed E-state index contributed by atoms with van der Waals surface area (Å²) in [5, 5.41) is 21.4. The zero-order valence-electron chi connectivity index (χ0n) is 18.4. The first-order valence-electron chi connectivity index (χ1n) is 11.9. The molecule has 0 amide bonds. The quantitative estimate of drug-likeness (QED) is 0.358. The first kappa shape index (κ1) is 23.6. The monoisotopic (exact) mass is 607 g/mol. The molecule has 3 fully saturated rings. The van der Waals surface area contributed by atoms with Crippen LogP contribution in [0.1, 0.15) is 62.8 Å². The van der Waals surface area contributed by atoms with Gasteiger partial charge in [-0.1, -0.05) is 37.1 Å². The Bertz CT molecular complexity index is 1000. The van der Waals surface area contributed by atoms with E-state index >= 15 is 0 Å². The summed E-state index contributed by atoms with van der Waals surface area (Å²) in [5.41, 5.74) is 3.55. The maximum atomic E-state index is 9.41. The van der Waals surface area contributed by atoms with Gasteiger partial charge < -0.3 is 15.2 Å². The smallest absolute Gasteiger partial charge is 0.0595 e. The number of fused-ring (bicyclic) bond motifs is 2. The summed E-state index contributed by atoms with van der Waals surface area (Å²) >= 11 is 0. The second kappa shape index (κ2) is 10.6. The van der Waals surface area contributed by atoms with E-state index < -0.39 is 0 Å². The number of aliphatic hydroxyl groups excluding tert-OH is 2. The van der Waals surface area contributed by atoms with Gasteiger partial charge >= 0.3 is 0 Å². The maximum Gasteiger partial charge on any atom is 0.0595 e. The topological polar surface area (TPSA) is 53.4 Å². The van der Waals surface area contributed by atoms with E-state index in [-0.39, 0.29) is 38.2 Å². The molecule has 6 rings (SSSR count). The SMILES string of the molecule is OC1CCC2CCC(O)C12.[Ir].[c-]1ccccc1-c1cc2cccc(C3CCCC3)c2cn1. The van der Waals surface area contributed by atoms with E-state index in [0.717, 1.165) is 42.9 Å². The fourth-order valence-corrected chi connectivity index (χ4v) is 6.06. The van der Waals surface area contributed by atoms with E-state index in [1.807, 2.05) is 18.2 Å². The molecule has 0 bridgehead atoms. The molecule has 2 atom stereocenters. The van der Waals surface area contributed by atoms with Crippen LogP contribution in [0.3, 0.4) is 0 Å². The van der Waals surface area contributed by atoms with Gasteiger partial charge in [-0.3, -0.25) is 0 Å². The van der Waals surface area contributed by atoms with E-state index in [0.29, 0.717) is 5.92 Å². The van der Waals surface area contributed by atoms with Crippen molar-refractivity contribution < 1.29 is 30.3 Å². The van der Waals surface area contributed by atoms with Gasteiger partial charge in [0.2, 0.25) is 0 Å². The Morgan fingerprint density at radius 2 is 1.59 bits per heavy atom. The van der Waals surface area contributed by atoms with Crippen molar-refractivity contribution in [3.63, 3.8) is 0 Å². The normalized spacial score (nSPS) is 26.9. The Labute approximate surface area is 204 Å². The van der Waals surface area contributed by atoms with Crippen molar-refractivity contribution in [2.75, 3.05) is 0 Å². The van der Waals surface area contributed by atoms with Crippen molar-refractivity contribution in [2.24, 2.45) is 11.8 Å². The number of aromatic nitrogens is 1. The number of pyridine rings is 1. The Balaban J connectivity index is 0.000000188. The molecule has 3 aromatic rings. The Kier molecular flexibility index (Phi) is 7.78. The van der Waals surface area contributed by atoms with E-state index in [1.54, 1.807) is 0 Å². The van der Waals surface area contributed by atoms with E-state index in [2.05, 4.69) is 47.6 Å². The molecule has 1 radical (unpaired) electrons. The van der Waals surface area contributed by atoms with Crippen LogP contribution in [-0.4, -0.2) is 27.4 Å². The number of rotatable bonds is 2. The number of hydrogen-bond donors (Lipinski definition) is 2. The minimum absolute atomic E-state index is 0. The third-order valence-electron chi connectivity index (χ3n) is 7.68. The second-order valence-electron chi connectivity index (χ2n) is 9.52. The third-order valence-corrected chi connectivity index (χ3v) is 7.68. The van der Waals surface area contributed by atoms with Gasteiger partial charge in [-0.2, -0.15) is 0 Å². The minimum atomic E-state index is -0.206. The standard InChI is InChI=1S/C20H18N.C8H14O2.Ir/c1-2-9-16(10-3-1)20-13-17-11-6-12-18(19(17)14-21-20)15-7-4-5-8-15;9-6-3-1-5-2-4-7(10)8(5)6;/h1-3,6,9,11-15H,4-5,7-8H2;5-10H,1-4H2;/q-1;;. The van der Waals surface area contributed by atoms with Crippen molar-refractivity contribution >= 4 is 10.8 Å². The van der Waals surface area contributed by atoms with Crippen molar-refractivity contribution in [1.82, 2.24) is 4.98 Å². The summed E-state index contributed by atoms with van der Waals surface area (Å²) in [7, 11) is 0. The molecule has 1 aromatic heterocycles. The van der Waals surface area contributed by atoms with Crippen LogP contribution in [0.25, 0.3) is 22.0 Å². The fraction of sp³-hybridized carbons (Fsp3) is 0.464. The third kappa shape index (κ3) is 4.84. The molecule has 4 heteroatoms. The van der Waals surface area contributed by atoms with Crippen LogP contribution in [0.2, 0.25) is 0 Å². The summed E-state index contributed by atoms with van der Waals surface area (Å²) in [6.07, 6.45) is 11.1. The van der Waals surface area contributed by atoms with Crippen molar-refractivity contribution in [3.8, 4) is 11.3 Å². The summed E-state index contributed by atoms with van der Waals surface area (Å²) in [6, 6.07) is 20.2. The number of hydrogen-bond acceptors (Lipinski definition) is 3. The van der Waals surface area contributed by atoms with Crippen molar-refractivity contribution in [2.45, 2.75) is 69.5 Å². The van der Waals surface area contributed by atoms with Crippen molar-refractivity contribution in [1.29, 1.82) is 0 Å². The molecule has 171 valence electrons. The largest absolute Gasteiger partial charge is 0.393 e. The predicted octanol–water partition coefficient (Wildman–Crippen LogP) is 5.89. The molecular weight excluding hydrogens is 575 g/mol. The number of benzene rings is 2. The van der Waals surface area contributed by atoms with Crippen LogP contribution >= 0.6 is 0 Å². The molecule has 0 spiro atoms. The van der Waals surface area contributed by atoms with Gasteiger partial charge in [0.05, 0.1) is 12.2 Å². The number of aliphatic hydroxyl groups is 2. The number of nitrogens with zero attached hydrogens (tertiary/aromatic N) is 1. The van der Waals surface area contributed by atoms with Gasteiger partial charge in [0.1, 0.15) is 0 Å². The van der Waals surface area contributed by atoms with Crippen LogP contribution in [0.15, 0.2) is 54.7 Å². The van der Waals surface area contributed by atoms with Crippen LogP contribution in [-0.2, 0) is 20.1 Å². The first-order valence-corrected chi connectivity index (χ1v) is 11.9. The van der Waals surface area contributed by atoms with Gasteiger partial charge in [0.15, 0.2) is 0 Å². The summed E-state index contributed by atoms with van der Waals surface area (Å²) in [5.74, 6) is 1.58. The molecule has 0 aliphatic heterocycles. The average Bonchev–Trinajstić information content (AvgIpc) is 3.55. The summed E-state index contributed by atoms with van der Waals surface area (Å²) < 4.78 is 0. The minimum Gasteiger partial charge on any atom is -0.393 e. The van der Waals surface area contributed by atoms with Gasteiger partial charge in [0.25, 0.3) is 0 Å². The molecule has 2 unspecified atom stereocenters. The predicted molar refractivity (Wildman–Crippen MR) is 125 cm³/mol. The zero-order valence-corrected chi connectivity index (χ0v) is 20.8. The molecule has 2 N–H and O–H groups in total. The first-order chi connectivity index (χ1) is 15.2. The average molecular weight is 607 g/mol. The molecule has 1 heterocycles. The van der Waals surface area contributed by atoms with Crippen molar-refractivity contribution in [3.05, 3.63) is 66.4 Å². The second-order valence-corrected chi connectivity index (χ2v) is 9.52.